The molecule has 0 aliphatic rings. The van der Waals surface area contributed by atoms with Gasteiger partial charge in [-0.2, -0.15) is 0 Å². The number of primary amides is 1. The third-order valence-electron chi connectivity index (χ3n) is 3.20. The van der Waals surface area contributed by atoms with Crippen LogP contribution < -0.4 is 11.1 Å². The predicted molar refractivity (Wildman–Crippen MR) is 93.4 cm³/mol. The first-order valence-electron chi connectivity index (χ1n) is 7.30. The van der Waals surface area contributed by atoms with Crippen molar-refractivity contribution in [3.8, 4) is 11.4 Å². The lowest BCUT2D eigenvalue weighted by Crippen LogP contribution is -2.39. The van der Waals surface area contributed by atoms with Gasteiger partial charge in [0, 0.05) is 12.1 Å². The summed E-state index contributed by atoms with van der Waals surface area (Å²) in [5.74, 6) is 0.223. The standard InChI is InChI=1S/C16H19N5O2S/c1-4-8-21-13(12-7-5-6-10(2)9-12)19-20-16(21)24-11(3)14(22)18-15(17)23/h4-7,9,11H,1,8H2,2-3H3,(H3,17,18,22,23). The molecular weight excluding hydrogens is 326 g/mol. The fraction of sp³-hybridized carbons (Fsp3) is 0.250. The Kier molecular flexibility index (Phi) is 5.75. The fourth-order valence-electron chi connectivity index (χ4n) is 2.10. The molecule has 2 aromatic rings. The van der Waals surface area contributed by atoms with E-state index in [2.05, 4.69) is 22.1 Å². The first-order valence-corrected chi connectivity index (χ1v) is 8.18. The summed E-state index contributed by atoms with van der Waals surface area (Å²) in [6.07, 6.45) is 1.74. The molecule has 1 heterocycles. The fourth-order valence-corrected chi connectivity index (χ4v) is 2.96. The zero-order valence-corrected chi connectivity index (χ0v) is 14.3. The highest BCUT2D eigenvalue weighted by Crippen LogP contribution is 2.27. The van der Waals surface area contributed by atoms with Gasteiger partial charge in [-0.1, -0.05) is 41.6 Å². The largest absolute Gasteiger partial charge is 0.351 e. The van der Waals surface area contributed by atoms with Crippen LogP contribution in [0.3, 0.4) is 0 Å². The van der Waals surface area contributed by atoms with Crippen molar-refractivity contribution >= 4 is 23.7 Å². The monoisotopic (exact) mass is 345 g/mol. The van der Waals surface area contributed by atoms with Crippen LogP contribution in [0.5, 0.6) is 0 Å². The van der Waals surface area contributed by atoms with E-state index in [4.69, 9.17) is 5.73 Å². The molecule has 1 unspecified atom stereocenters. The van der Waals surface area contributed by atoms with Gasteiger partial charge in [0.25, 0.3) is 0 Å². The number of imide groups is 1. The number of hydrogen-bond donors (Lipinski definition) is 2. The molecule has 3 amide bonds. The van der Waals surface area contributed by atoms with Gasteiger partial charge >= 0.3 is 6.03 Å². The van der Waals surface area contributed by atoms with Gasteiger partial charge in [-0.05, 0) is 19.9 Å². The molecule has 0 fully saturated rings. The Morgan fingerprint density at radius 3 is 2.83 bits per heavy atom. The van der Waals surface area contributed by atoms with E-state index < -0.39 is 17.2 Å². The second-order valence-electron chi connectivity index (χ2n) is 5.19. The van der Waals surface area contributed by atoms with Crippen molar-refractivity contribution in [3.05, 3.63) is 42.5 Å². The smallest absolute Gasteiger partial charge is 0.318 e. The first-order chi connectivity index (χ1) is 11.4. The average Bonchev–Trinajstić information content (AvgIpc) is 2.90. The molecule has 0 bridgehead atoms. The van der Waals surface area contributed by atoms with Crippen molar-refractivity contribution in [1.82, 2.24) is 20.1 Å². The second kappa shape index (κ2) is 7.78. The second-order valence-corrected chi connectivity index (χ2v) is 6.50. The van der Waals surface area contributed by atoms with Crippen LogP contribution in [-0.4, -0.2) is 32.0 Å². The number of carbonyl (C=O) groups excluding carboxylic acids is 2. The van der Waals surface area contributed by atoms with Crippen molar-refractivity contribution in [1.29, 1.82) is 0 Å². The molecule has 7 nitrogen and oxygen atoms in total. The number of nitrogens with zero attached hydrogens (tertiary/aromatic N) is 3. The summed E-state index contributed by atoms with van der Waals surface area (Å²) in [5.41, 5.74) is 7.02. The minimum Gasteiger partial charge on any atom is -0.351 e. The zero-order valence-electron chi connectivity index (χ0n) is 13.5. The number of thioether (sulfide) groups is 1. The molecule has 8 heteroatoms. The molecule has 0 spiro atoms. The van der Waals surface area contributed by atoms with Gasteiger partial charge in [-0.15, -0.1) is 16.8 Å². The van der Waals surface area contributed by atoms with E-state index in [1.54, 1.807) is 13.0 Å². The van der Waals surface area contributed by atoms with Crippen LogP contribution in [0.2, 0.25) is 0 Å². The lowest BCUT2D eigenvalue weighted by Gasteiger charge is -2.11. The van der Waals surface area contributed by atoms with Crippen molar-refractivity contribution in [2.24, 2.45) is 5.73 Å². The molecule has 0 radical (unpaired) electrons. The molecule has 24 heavy (non-hydrogen) atoms. The maximum atomic E-state index is 11.8. The van der Waals surface area contributed by atoms with Crippen LogP contribution in [0.4, 0.5) is 4.79 Å². The van der Waals surface area contributed by atoms with Gasteiger partial charge in [0.05, 0.1) is 5.25 Å². The summed E-state index contributed by atoms with van der Waals surface area (Å²) in [6, 6.07) is 7.05. The third kappa shape index (κ3) is 4.23. The summed E-state index contributed by atoms with van der Waals surface area (Å²) < 4.78 is 1.88. The van der Waals surface area contributed by atoms with Crippen molar-refractivity contribution < 1.29 is 9.59 Å². The minimum absolute atomic E-state index is 0.474. The Morgan fingerprint density at radius 1 is 1.46 bits per heavy atom. The van der Waals surface area contributed by atoms with E-state index in [-0.39, 0.29) is 0 Å². The topological polar surface area (TPSA) is 103 Å². The maximum Gasteiger partial charge on any atom is 0.318 e. The van der Waals surface area contributed by atoms with E-state index in [0.29, 0.717) is 17.5 Å². The normalized spacial score (nSPS) is 11.8. The number of hydrogen-bond acceptors (Lipinski definition) is 5. The quantitative estimate of drug-likeness (QED) is 0.616. The molecule has 126 valence electrons. The number of nitrogens with two attached hydrogens (primary N) is 1. The van der Waals surface area contributed by atoms with Gasteiger partial charge < -0.3 is 5.73 Å². The number of benzene rings is 1. The first kappa shape index (κ1) is 17.7. The Labute approximate surface area is 144 Å². The van der Waals surface area contributed by atoms with Crippen molar-refractivity contribution in [2.45, 2.75) is 30.8 Å². The molecule has 0 saturated heterocycles. The molecule has 1 aromatic carbocycles. The number of rotatable bonds is 6. The van der Waals surface area contributed by atoms with Crippen LogP contribution in [0, 0.1) is 6.92 Å². The van der Waals surface area contributed by atoms with Gasteiger partial charge in [-0.3, -0.25) is 14.7 Å². The summed E-state index contributed by atoms with van der Waals surface area (Å²) in [4.78, 5) is 22.6. The number of aromatic nitrogens is 3. The van der Waals surface area contributed by atoms with E-state index >= 15 is 0 Å². The van der Waals surface area contributed by atoms with Gasteiger partial charge in [0.15, 0.2) is 11.0 Å². The molecule has 0 aliphatic heterocycles. The SMILES string of the molecule is C=CCn1c(SC(C)C(=O)NC(N)=O)nnc1-c1cccc(C)c1. The third-order valence-corrected chi connectivity index (χ3v) is 4.28. The summed E-state index contributed by atoms with van der Waals surface area (Å²) in [7, 11) is 0. The van der Waals surface area contributed by atoms with Crippen molar-refractivity contribution in [2.75, 3.05) is 0 Å². The van der Waals surface area contributed by atoms with E-state index in [1.165, 1.54) is 11.8 Å². The van der Waals surface area contributed by atoms with E-state index in [9.17, 15) is 9.59 Å². The molecular formula is C16H19N5O2S. The van der Waals surface area contributed by atoms with E-state index in [0.717, 1.165) is 11.1 Å². The summed E-state index contributed by atoms with van der Waals surface area (Å²) in [5, 5.41) is 10.5. The number of nitrogens with one attached hydrogen (secondary N) is 1. The molecule has 0 aliphatic carbocycles. The number of urea groups is 1. The molecule has 1 aromatic heterocycles. The Balaban J connectivity index is 2.30. The van der Waals surface area contributed by atoms with Crippen LogP contribution in [-0.2, 0) is 11.3 Å². The van der Waals surface area contributed by atoms with Crippen LogP contribution in [0.25, 0.3) is 11.4 Å². The predicted octanol–water partition coefficient (Wildman–Crippen LogP) is 2.12. The van der Waals surface area contributed by atoms with E-state index in [1.807, 2.05) is 35.8 Å². The lowest BCUT2D eigenvalue weighted by atomic mass is 10.1. The highest BCUT2D eigenvalue weighted by atomic mass is 32.2. The maximum absolute atomic E-state index is 11.8. The molecule has 3 N–H and O–H groups in total. The number of allylic oxidation sites excluding steroid dienone is 1. The minimum atomic E-state index is -0.875. The van der Waals surface area contributed by atoms with Crippen LogP contribution >= 0.6 is 11.8 Å². The van der Waals surface area contributed by atoms with Gasteiger partial charge in [-0.25, -0.2) is 4.79 Å². The molecule has 2 rings (SSSR count). The average molecular weight is 345 g/mol. The Morgan fingerprint density at radius 2 is 2.21 bits per heavy atom. The van der Waals surface area contributed by atoms with Crippen LogP contribution in [0.15, 0.2) is 42.1 Å². The Bertz CT molecular complexity index is 772. The molecule has 1 atom stereocenters. The van der Waals surface area contributed by atoms with Crippen LogP contribution in [0.1, 0.15) is 12.5 Å². The summed E-state index contributed by atoms with van der Waals surface area (Å²) >= 11 is 1.20. The number of aryl methyl sites for hydroxylation is 1. The highest BCUT2D eigenvalue weighted by molar-refractivity contribution is 8.00. The number of amides is 3. The van der Waals surface area contributed by atoms with Gasteiger partial charge in [0.2, 0.25) is 5.91 Å². The highest BCUT2D eigenvalue weighted by Gasteiger charge is 2.21. The van der Waals surface area contributed by atoms with Crippen molar-refractivity contribution in [3.63, 3.8) is 0 Å². The molecule has 0 saturated carbocycles. The summed E-state index contributed by atoms with van der Waals surface area (Å²) in [6.45, 7) is 7.93. The zero-order chi connectivity index (χ0) is 17.7. The Hall–Kier alpha value is -2.61. The lowest BCUT2D eigenvalue weighted by molar-refractivity contribution is -0.119. The number of carbonyl (C=O) groups is 2. The van der Waals surface area contributed by atoms with Gasteiger partial charge in [0.1, 0.15) is 0 Å².